The average Bonchev–Trinajstić information content (AvgIpc) is 2.31. The van der Waals surface area contributed by atoms with E-state index in [0.29, 0.717) is 19.0 Å². The predicted octanol–water partition coefficient (Wildman–Crippen LogP) is -0.185. The van der Waals surface area contributed by atoms with Crippen LogP contribution >= 0.6 is 0 Å². The van der Waals surface area contributed by atoms with Gasteiger partial charge in [-0.2, -0.15) is 0 Å². The molecule has 1 aromatic rings. The lowest BCUT2D eigenvalue weighted by molar-refractivity contribution is 0.182. The van der Waals surface area contributed by atoms with Crippen LogP contribution < -0.4 is 5.73 Å². The standard InChI is InChI=1S/C6H12N4O/c1-5-6(7)8-9-10(5)3-4-11-2/h3-4,7H2,1-2H3. The second-order valence-corrected chi connectivity index (χ2v) is 2.28. The average molecular weight is 156 g/mol. The highest BCUT2D eigenvalue weighted by Crippen LogP contribution is 2.03. The molecule has 0 aliphatic rings. The van der Waals surface area contributed by atoms with E-state index >= 15 is 0 Å². The number of aromatic nitrogens is 3. The summed E-state index contributed by atoms with van der Waals surface area (Å²) >= 11 is 0. The number of nitrogens with two attached hydrogens (primary N) is 1. The zero-order chi connectivity index (χ0) is 8.27. The topological polar surface area (TPSA) is 66.0 Å². The van der Waals surface area contributed by atoms with E-state index in [-0.39, 0.29) is 0 Å². The van der Waals surface area contributed by atoms with Gasteiger partial charge in [0.15, 0.2) is 5.82 Å². The summed E-state index contributed by atoms with van der Waals surface area (Å²) in [5, 5.41) is 7.52. The maximum absolute atomic E-state index is 5.48. The molecule has 0 saturated carbocycles. The lowest BCUT2D eigenvalue weighted by Crippen LogP contribution is -2.07. The second kappa shape index (κ2) is 3.34. The van der Waals surface area contributed by atoms with Crippen LogP contribution in [0.15, 0.2) is 0 Å². The molecule has 0 atom stereocenters. The smallest absolute Gasteiger partial charge is 0.168 e. The van der Waals surface area contributed by atoms with Crippen LogP contribution in [0, 0.1) is 6.92 Å². The zero-order valence-corrected chi connectivity index (χ0v) is 6.74. The van der Waals surface area contributed by atoms with Crippen molar-refractivity contribution in [1.82, 2.24) is 15.0 Å². The van der Waals surface area contributed by atoms with Gasteiger partial charge in [0.25, 0.3) is 0 Å². The molecule has 5 nitrogen and oxygen atoms in total. The van der Waals surface area contributed by atoms with Crippen molar-refractivity contribution in [2.45, 2.75) is 13.5 Å². The minimum absolute atomic E-state index is 0.487. The minimum atomic E-state index is 0.487. The molecule has 62 valence electrons. The van der Waals surface area contributed by atoms with E-state index in [1.54, 1.807) is 11.8 Å². The van der Waals surface area contributed by atoms with Crippen LogP contribution in [0.5, 0.6) is 0 Å². The normalized spacial score (nSPS) is 10.4. The van der Waals surface area contributed by atoms with E-state index in [1.165, 1.54) is 0 Å². The Labute approximate surface area is 65.1 Å². The Morgan fingerprint density at radius 2 is 2.36 bits per heavy atom. The van der Waals surface area contributed by atoms with Crippen LogP contribution in [-0.2, 0) is 11.3 Å². The Kier molecular flexibility index (Phi) is 2.43. The molecule has 5 heteroatoms. The van der Waals surface area contributed by atoms with Gasteiger partial charge in [-0.05, 0) is 6.92 Å². The summed E-state index contributed by atoms with van der Waals surface area (Å²) in [4.78, 5) is 0. The number of methoxy groups -OCH3 is 1. The van der Waals surface area contributed by atoms with E-state index < -0.39 is 0 Å². The quantitative estimate of drug-likeness (QED) is 0.659. The van der Waals surface area contributed by atoms with Crippen LogP contribution in [0.4, 0.5) is 5.82 Å². The van der Waals surface area contributed by atoms with Gasteiger partial charge in [0.1, 0.15) is 0 Å². The highest BCUT2D eigenvalue weighted by Gasteiger charge is 2.02. The monoisotopic (exact) mass is 156 g/mol. The Morgan fingerprint density at radius 1 is 1.64 bits per heavy atom. The van der Waals surface area contributed by atoms with Crippen molar-refractivity contribution in [3.63, 3.8) is 0 Å². The van der Waals surface area contributed by atoms with Gasteiger partial charge >= 0.3 is 0 Å². The Hall–Kier alpha value is -1.10. The third-order valence-electron chi connectivity index (χ3n) is 1.53. The first kappa shape index (κ1) is 8.00. The van der Waals surface area contributed by atoms with E-state index in [0.717, 1.165) is 5.69 Å². The number of rotatable bonds is 3. The van der Waals surface area contributed by atoms with Crippen LogP contribution in [0.3, 0.4) is 0 Å². The van der Waals surface area contributed by atoms with E-state index in [1.807, 2.05) is 6.92 Å². The maximum Gasteiger partial charge on any atom is 0.168 e. The number of hydrogen-bond acceptors (Lipinski definition) is 4. The molecule has 0 radical (unpaired) electrons. The zero-order valence-electron chi connectivity index (χ0n) is 6.74. The van der Waals surface area contributed by atoms with Gasteiger partial charge in [0, 0.05) is 7.11 Å². The van der Waals surface area contributed by atoms with Gasteiger partial charge in [0.05, 0.1) is 18.8 Å². The van der Waals surface area contributed by atoms with E-state index in [9.17, 15) is 0 Å². The molecule has 0 aliphatic heterocycles. The molecule has 1 heterocycles. The fourth-order valence-corrected chi connectivity index (χ4v) is 0.764. The molecule has 1 aromatic heterocycles. The van der Waals surface area contributed by atoms with Crippen molar-refractivity contribution < 1.29 is 4.74 Å². The van der Waals surface area contributed by atoms with Crippen molar-refractivity contribution in [2.75, 3.05) is 19.5 Å². The lowest BCUT2D eigenvalue weighted by Gasteiger charge is -2.00. The summed E-state index contributed by atoms with van der Waals surface area (Å²) in [6.07, 6.45) is 0. The van der Waals surface area contributed by atoms with Crippen LogP contribution in [0.1, 0.15) is 5.69 Å². The molecule has 0 aromatic carbocycles. The van der Waals surface area contributed by atoms with Crippen molar-refractivity contribution in [2.24, 2.45) is 0 Å². The molecule has 0 saturated heterocycles. The SMILES string of the molecule is COCCn1nnc(N)c1C. The summed E-state index contributed by atoms with van der Waals surface area (Å²) in [6, 6.07) is 0. The Morgan fingerprint density at radius 3 is 2.82 bits per heavy atom. The molecular formula is C6H12N4O. The number of nitrogens with zero attached hydrogens (tertiary/aromatic N) is 3. The van der Waals surface area contributed by atoms with Crippen LogP contribution in [-0.4, -0.2) is 28.7 Å². The fourth-order valence-electron chi connectivity index (χ4n) is 0.764. The minimum Gasteiger partial charge on any atom is -0.383 e. The molecule has 1 rings (SSSR count). The summed E-state index contributed by atoms with van der Waals surface area (Å²) in [7, 11) is 1.65. The number of nitrogen functional groups attached to an aromatic ring is 1. The maximum atomic E-state index is 5.48. The second-order valence-electron chi connectivity index (χ2n) is 2.28. The first-order chi connectivity index (χ1) is 5.25. The molecule has 0 aliphatic carbocycles. The molecular weight excluding hydrogens is 144 g/mol. The van der Waals surface area contributed by atoms with Crippen molar-refractivity contribution in [3.8, 4) is 0 Å². The van der Waals surface area contributed by atoms with Crippen molar-refractivity contribution >= 4 is 5.82 Å². The van der Waals surface area contributed by atoms with Crippen molar-refractivity contribution in [3.05, 3.63) is 5.69 Å². The predicted molar refractivity (Wildman–Crippen MR) is 41.0 cm³/mol. The molecule has 2 N–H and O–H groups in total. The van der Waals surface area contributed by atoms with Gasteiger partial charge in [-0.1, -0.05) is 5.21 Å². The van der Waals surface area contributed by atoms with Crippen molar-refractivity contribution in [1.29, 1.82) is 0 Å². The highest BCUT2D eigenvalue weighted by molar-refractivity contribution is 5.31. The summed E-state index contributed by atoms with van der Waals surface area (Å²) in [5.41, 5.74) is 6.37. The highest BCUT2D eigenvalue weighted by atomic mass is 16.5. The summed E-state index contributed by atoms with van der Waals surface area (Å²) < 4.78 is 6.60. The first-order valence-electron chi connectivity index (χ1n) is 3.40. The van der Waals surface area contributed by atoms with Crippen LogP contribution in [0.2, 0.25) is 0 Å². The Bertz CT molecular complexity index is 232. The Balaban J connectivity index is 2.63. The summed E-state index contributed by atoms with van der Waals surface area (Å²) in [5.74, 6) is 0.487. The number of ether oxygens (including phenoxy) is 1. The van der Waals surface area contributed by atoms with E-state index in [2.05, 4.69) is 10.3 Å². The molecule has 0 fully saturated rings. The van der Waals surface area contributed by atoms with Gasteiger partial charge in [-0.15, -0.1) is 5.10 Å². The van der Waals surface area contributed by atoms with Gasteiger partial charge in [-0.3, -0.25) is 0 Å². The number of hydrogen-bond donors (Lipinski definition) is 1. The van der Waals surface area contributed by atoms with Crippen LogP contribution in [0.25, 0.3) is 0 Å². The van der Waals surface area contributed by atoms with Gasteiger partial charge < -0.3 is 10.5 Å². The third kappa shape index (κ3) is 1.68. The molecule has 0 spiro atoms. The fraction of sp³-hybridized carbons (Fsp3) is 0.667. The summed E-state index contributed by atoms with van der Waals surface area (Å²) in [6.45, 7) is 3.21. The molecule has 11 heavy (non-hydrogen) atoms. The molecule has 0 amide bonds. The van der Waals surface area contributed by atoms with Gasteiger partial charge in [-0.25, -0.2) is 4.68 Å². The largest absolute Gasteiger partial charge is 0.383 e. The number of anilines is 1. The third-order valence-corrected chi connectivity index (χ3v) is 1.53. The van der Waals surface area contributed by atoms with Gasteiger partial charge in [0.2, 0.25) is 0 Å². The molecule has 0 unspecified atom stereocenters. The van der Waals surface area contributed by atoms with E-state index in [4.69, 9.17) is 10.5 Å². The molecule has 0 bridgehead atoms. The lowest BCUT2D eigenvalue weighted by atomic mass is 10.5. The first-order valence-corrected chi connectivity index (χ1v) is 3.40.